The van der Waals surface area contributed by atoms with Gasteiger partial charge in [-0.15, -0.1) is 0 Å². The van der Waals surface area contributed by atoms with Crippen molar-refractivity contribution in [2.75, 3.05) is 6.61 Å². The summed E-state index contributed by atoms with van der Waals surface area (Å²) in [5.74, 6) is 0.795. The van der Waals surface area contributed by atoms with Gasteiger partial charge >= 0.3 is 5.56 Å². The standard InChI is InChI=1S/C25H25N2O2/c1-4-6-14-26-21-13-11-17(29-5-2)15-22(21)27-24(26)19-12-10-16(3)18-8-7-9-20(23(18)19)25(27)28/h7-13,15H,4-6,14H2,1-3H3/q+1. The van der Waals surface area contributed by atoms with E-state index in [1.54, 1.807) is 0 Å². The molecule has 2 heterocycles. The molecule has 0 fully saturated rings. The number of aryl methyl sites for hydroxylation is 2. The molecule has 0 aliphatic heterocycles. The van der Waals surface area contributed by atoms with E-state index in [1.165, 1.54) is 5.56 Å². The van der Waals surface area contributed by atoms with Crippen molar-refractivity contribution in [1.82, 2.24) is 4.40 Å². The molecule has 146 valence electrons. The number of benzene rings is 3. The van der Waals surface area contributed by atoms with Gasteiger partial charge < -0.3 is 4.74 Å². The molecule has 0 spiro atoms. The molecule has 5 rings (SSSR count). The van der Waals surface area contributed by atoms with Gasteiger partial charge in [0.15, 0.2) is 11.0 Å². The molecule has 4 nitrogen and oxygen atoms in total. The molecule has 29 heavy (non-hydrogen) atoms. The number of rotatable bonds is 5. The first kappa shape index (κ1) is 17.9. The third-order valence-electron chi connectivity index (χ3n) is 5.93. The number of imidazole rings is 1. The monoisotopic (exact) mass is 385 g/mol. The lowest BCUT2D eigenvalue weighted by atomic mass is 9.99. The van der Waals surface area contributed by atoms with Crippen molar-refractivity contribution in [2.45, 2.75) is 40.2 Å². The van der Waals surface area contributed by atoms with E-state index in [1.807, 2.05) is 35.6 Å². The summed E-state index contributed by atoms with van der Waals surface area (Å²) < 4.78 is 9.94. The fourth-order valence-electron chi connectivity index (χ4n) is 4.57. The predicted molar refractivity (Wildman–Crippen MR) is 118 cm³/mol. The number of hydrogen-bond acceptors (Lipinski definition) is 2. The molecular formula is C25H25N2O2+. The van der Waals surface area contributed by atoms with Crippen molar-refractivity contribution >= 4 is 38.2 Å². The normalized spacial score (nSPS) is 12.0. The Morgan fingerprint density at radius 1 is 1.00 bits per heavy atom. The Balaban J connectivity index is 2.05. The largest absolute Gasteiger partial charge is 0.494 e. The fraction of sp³-hybridized carbons (Fsp3) is 0.280. The quantitative estimate of drug-likeness (QED) is 0.399. The molecule has 3 aromatic carbocycles. The Morgan fingerprint density at radius 3 is 2.62 bits per heavy atom. The van der Waals surface area contributed by atoms with Gasteiger partial charge in [0.05, 0.1) is 23.9 Å². The lowest BCUT2D eigenvalue weighted by molar-refractivity contribution is -0.645. The zero-order chi connectivity index (χ0) is 20.1. The minimum Gasteiger partial charge on any atom is -0.494 e. The first-order valence-electron chi connectivity index (χ1n) is 10.4. The van der Waals surface area contributed by atoms with E-state index >= 15 is 0 Å². The van der Waals surface area contributed by atoms with Gasteiger partial charge in [0.25, 0.3) is 5.65 Å². The Morgan fingerprint density at radius 2 is 1.83 bits per heavy atom. The van der Waals surface area contributed by atoms with E-state index in [0.29, 0.717) is 6.61 Å². The zero-order valence-corrected chi connectivity index (χ0v) is 17.2. The van der Waals surface area contributed by atoms with Gasteiger partial charge in [0.2, 0.25) is 0 Å². The SMILES string of the molecule is CCCC[n+]1c2ccc(OCC)cc2n2c(=O)c3cccc4c(C)ccc(c43)c21. The van der Waals surface area contributed by atoms with Crippen LogP contribution in [0.1, 0.15) is 32.3 Å². The fourth-order valence-corrected chi connectivity index (χ4v) is 4.57. The van der Waals surface area contributed by atoms with Crippen molar-refractivity contribution < 1.29 is 9.30 Å². The van der Waals surface area contributed by atoms with E-state index in [-0.39, 0.29) is 5.56 Å². The first-order valence-corrected chi connectivity index (χ1v) is 10.4. The highest BCUT2D eigenvalue weighted by Gasteiger charge is 2.27. The van der Waals surface area contributed by atoms with Crippen molar-refractivity contribution in [3.63, 3.8) is 0 Å². The van der Waals surface area contributed by atoms with Crippen molar-refractivity contribution in [3.05, 3.63) is 64.4 Å². The third kappa shape index (κ3) is 2.52. The smallest absolute Gasteiger partial charge is 0.347 e. The average Bonchev–Trinajstić information content (AvgIpc) is 3.05. The molecule has 0 saturated carbocycles. The first-order chi connectivity index (χ1) is 14.2. The van der Waals surface area contributed by atoms with Crippen LogP contribution in [0.4, 0.5) is 0 Å². The summed E-state index contributed by atoms with van der Waals surface area (Å²) in [6, 6.07) is 16.5. The zero-order valence-electron chi connectivity index (χ0n) is 17.2. The van der Waals surface area contributed by atoms with Gasteiger partial charge in [-0.2, -0.15) is 4.40 Å². The average molecular weight is 385 g/mol. The van der Waals surface area contributed by atoms with Crippen LogP contribution in [0.2, 0.25) is 0 Å². The van der Waals surface area contributed by atoms with Gasteiger partial charge in [-0.3, -0.25) is 0 Å². The summed E-state index contributed by atoms with van der Waals surface area (Å²) >= 11 is 0. The molecule has 0 aliphatic carbocycles. The molecule has 0 bridgehead atoms. The molecule has 0 atom stereocenters. The van der Waals surface area contributed by atoms with Crippen molar-refractivity contribution in [1.29, 1.82) is 0 Å². The van der Waals surface area contributed by atoms with Crippen LogP contribution in [-0.4, -0.2) is 11.0 Å². The molecular weight excluding hydrogens is 360 g/mol. The number of fused-ring (bicyclic) bond motifs is 4. The highest BCUT2D eigenvalue weighted by atomic mass is 16.5. The summed E-state index contributed by atoms with van der Waals surface area (Å²) in [4.78, 5) is 13.7. The van der Waals surface area contributed by atoms with Crippen LogP contribution in [0.3, 0.4) is 0 Å². The summed E-state index contributed by atoms with van der Waals surface area (Å²) in [7, 11) is 0. The number of unbranched alkanes of at least 4 members (excludes halogenated alkanes) is 1. The Labute approximate surface area is 169 Å². The molecule has 0 radical (unpaired) electrons. The second kappa shape index (κ2) is 6.73. The Bertz CT molecular complexity index is 1430. The number of nitrogens with zero attached hydrogens (tertiary/aromatic N) is 2. The van der Waals surface area contributed by atoms with E-state index in [0.717, 1.165) is 63.4 Å². The maximum Gasteiger partial charge on any atom is 0.347 e. The van der Waals surface area contributed by atoms with E-state index < -0.39 is 0 Å². The second-order valence-corrected chi connectivity index (χ2v) is 7.71. The molecule has 5 aromatic rings. The highest BCUT2D eigenvalue weighted by molar-refractivity contribution is 6.15. The minimum atomic E-state index is 0.0394. The summed E-state index contributed by atoms with van der Waals surface area (Å²) in [6.45, 7) is 7.77. The van der Waals surface area contributed by atoms with E-state index in [9.17, 15) is 4.79 Å². The highest BCUT2D eigenvalue weighted by Crippen LogP contribution is 2.31. The molecule has 0 aliphatic rings. The van der Waals surface area contributed by atoms with Crippen molar-refractivity contribution in [3.8, 4) is 5.75 Å². The van der Waals surface area contributed by atoms with Crippen LogP contribution in [0.15, 0.2) is 53.3 Å². The maximum absolute atomic E-state index is 13.7. The molecule has 0 amide bonds. The van der Waals surface area contributed by atoms with Crippen molar-refractivity contribution in [2.24, 2.45) is 0 Å². The summed E-state index contributed by atoms with van der Waals surface area (Å²) in [5, 5.41) is 4.13. The maximum atomic E-state index is 13.7. The minimum absolute atomic E-state index is 0.0394. The van der Waals surface area contributed by atoms with Crippen LogP contribution >= 0.6 is 0 Å². The summed E-state index contributed by atoms with van der Waals surface area (Å²) in [6.07, 6.45) is 2.17. The lowest BCUT2D eigenvalue weighted by Gasteiger charge is -2.07. The third-order valence-corrected chi connectivity index (χ3v) is 5.93. The molecule has 2 aromatic heterocycles. The topological polar surface area (TPSA) is 34.6 Å². The van der Waals surface area contributed by atoms with Crippen LogP contribution < -0.4 is 14.9 Å². The lowest BCUT2D eigenvalue weighted by Crippen LogP contribution is -2.34. The summed E-state index contributed by atoms with van der Waals surface area (Å²) in [5.41, 5.74) is 4.21. The van der Waals surface area contributed by atoms with Crippen LogP contribution in [0, 0.1) is 6.92 Å². The molecule has 0 unspecified atom stereocenters. The molecule has 0 N–H and O–H groups in total. The Kier molecular flexibility index (Phi) is 4.16. The van der Waals surface area contributed by atoms with Gasteiger partial charge in [-0.05, 0) is 55.5 Å². The Hall–Kier alpha value is -3.14. The number of aromatic nitrogens is 2. The molecule has 4 heteroatoms. The van der Waals surface area contributed by atoms with Gasteiger partial charge in [0.1, 0.15) is 5.75 Å². The van der Waals surface area contributed by atoms with Gasteiger partial charge in [0, 0.05) is 11.5 Å². The number of ether oxygens (including phenoxy) is 1. The number of pyridine rings is 1. The predicted octanol–water partition coefficient (Wildman–Crippen LogP) is 4.99. The number of hydrogen-bond donors (Lipinski definition) is 0. The molecule has 0 saturated heterocycles. The van der Waals surface area contributed by atoms with E-state index in [4.69, 9.17) is 4.74 Å². The van der Waals surface area contributed by atoms with Gasteiger partial charge in [-0.1, -0.05) is 31.5 Å². The van der Waals surface area contributed by atoms with Crippen LogP contribution in [0.5, 0.6) is 5.75 Å². The van der Waals surface area contributed by atoms with Gasteiger partial charge in [-0.25, -0.2) is 9.36 Å². The van der Waals surface area contributed by atoms with Crippen LogP contribution in [-0.2, 0) is 6.54 Å². The van der Waals surface area contributed by atoms with Crippen LogP contribution in [0.25, 0.3) is 38.2 Å². The second-order valence-electron chi connectivity index (χ2n) is 7.71. The van der Waals surface area contributed by atoms with E-state index in [2.05, 4.69) is 42.7 Å².